The second-order valence-corrected chi connectivity index (χ2v) is 5.86. The van der Waals surface area contributed by atoms with Crippen LogP contribution in [0.25, 0.3) is 22.3 Å². The molecule has 0 aliphatic heterocycles. The Morgan fingerprint density at radius 1 is 0.923 bits per heavy atom. The fourth-order valence-corrected chi connectivity index (χ4v) is 2.90. The zero-order valence-corrected chi connectivity index (χ0v) is 14.7. The highest BCUT2D eigenvalue weighted by Gasteiger charge is 2.20. The van der Waals surface area contributed by atoms with Crippen LogP contribution < -0.4 is 14.9 Å². The summed E-state index contributed by atoms with van der Waals surface area (Å²) < 4.78 is 16.0. The molecule has 0 fully saturated rings. The Bertz CT molecular complexity index is 1080. The Labute approximate surface area is 148 Å². The Hall–Kier alpha value is -3.35. The van der Waals surface area contributed by atoms with Crippen LogP contribution in [0, 0.1) is 13.8 Å². The first kappa shape index (κ1) is 17.5. The molecular formula is C19H18O7. The fraction of sp³-hybridized carbons (Fsp3) is 0.211. The molecule has 0 aliphatic rings. The summed E-state index contributed by atoms with van der Waals surface area (Å²) in [5, 5.41) is 30.5. The molecule has 3 N–H and O–H groups in total. The van der Waals surface area contributed by atoms with Gasteiger partial charge >= 0.3 is 0 Å². The molecule has 3 aromatic rings. The molecule has 7 nitrogen and oxygen atoms in total. The van der Waals surface area contributed by atoms with Crippen LogP contribution in [0.3, 0.4) is 0 Å². The summed E-state index contributed by atoms with van der Waals surface area (Å²) in [6, 6.07) is 4.12. The highest BCUT2D eigenvalue weighted by Crippen LogP contribution is 2.42. The molecule has 0 bridgehead atoms. The van der Waals surface area contributed by atoms with Crippen molar-refractivity contribution in [2.75, 3.05) is 14.2 Å². The number of methoxy groups -OCH3 is 2. The highest BCUT2D eigenvalue weighted by atomic mass is 16.5. The van der Waals surface area contributed by atoms with Crippen LogP contribution in [0.2, 0.25) is 0 Å². The van der Waals surface area contributed by atoms with Crippen molar-refractivity contribution in [1.29, 1.82) is 0 Å². The molecule has 3 rings (SSSR count). The monoisotopic (exact) mass is 358 g/mol. The van der Waals surface area contributed by atoms with Gasteiger partial charge in [0.1, 0.15) is 28.2 Å². The summed E-state index contributed by atoms with van der Waals surface area (Å²) in [4.78, 5) is 12.6. The van der Waals surface area contributed by atoms with Crippen LogP contribution in [0.1, 0.15) is 11.1 Å². The third-order valence-corrected chi connectivity index (χ3v) is 4.33. The maximum atomic E-state index is 12.6. The standard InChI is InChI=1S/C19H18O7/c1-8-16(22)9(2)18-15(17(8)23)11(20)7-13(26-18)10-5-12(21)19(25-4)14(6-10)24-3/h5-7,21-23H,1-4H3. The average molecular weight is 358 g/mol. The van der Waals surface area contributed by atoms with Crippen LogP contribution in [0.5, 0.6) is 28.7 Å². The topological polar surface area (TPSA) is 109 Å². The Morgan fingerprint density at radius 3 is 2.23 bits per heavy atom. The first-order chi connectivity index (χ1) is 12.3. The first-order valence-corrected chi connectivity index (χ1v) is 7.74. The van der Waals surface area contributed by atoms with E-state index in [1.165, 1.54) is 33.3 Å². The Kier molecular flexibility index (Phi) is 4.15. The summed E-state index contributed by atoms with van der Waals surface area (Å²) in [6.45, 7) is 3.10. The quantitative estimate of drug-likeness (QED) is 0.659. The van der Waals surface area contributed by atoms with E-state index in [0.717, 1.165) is 0 Å². The molecule has 2 aromatic carbocycles. The number of benzene rings is 2. The van der Waals surface area contributed by atoms with Gasteiger partial charge < -0.3 is 29.2 Å². The lowest BCUT2D eigenvalue weighted by atomic mass is 10.0. The van der Waals surface area contributed by atoms with Gasteiger partial charge in [-0.15, -0.1) is 0 Å². The number of aryl methyl sites for hydroxylation is 1. The molecule has 0 atom stereocenters. The van der Waals surface area contributed by atoms with Crippen LogP contribution in [0.15, 0.2) is 27.4 Å². The van der Waals surface area contributed by atoms with Gasteiger partial charge in [0.15, 0.2) is 16.9 Å². The summed E-state index contributed by atoms with van der Waals surface area (Å²) in [5.41, 5.74) is 0.512. The van der Waals surface area contributed by atoms with Crippen molar-refractivity contribution >= 4 is 11.0 Å². The van der Waals surface area contributed by atoms with Crippen LogP contribution in [-0.2, 0) is 0 Å². The molecule has 136 valence electrons. The van der Waals surface area contributed by atoms with E-state index in [4.69, 9.17) is 13.9 Å². The van der Waals surface area contributed by atoms with E-state index >= 15 is 0 Å². The third kappa shape index (κ3) is 2.48. The van der Waals surface area contributed by atoms with Crippen molar-refractivity contribution in [2.45, 2.75) is 13.8 Å². The molecule has 0 spiro atoms. The maximum absolute atomic E-state index is 12.6. The van der Waals surface area contributed by atoms with Gasteiger partial charge in [0.2, 0.25) is 5.75 Å². The molecule has 26 heavy (non-hydrogen) atoms. The van der Waals surface area contributed by atoms with Gasteiger partial charge in [-0.2, -0.15) is 0 Å². The number of fused-ring (bicyclic) bond motifs is 1. The number of rotatable bonds is 3. The molecule has 7 heteroatoms. The first-order valence-electron chi connectivity index (χ1n) is 7.74. The van der Waals surface area contributed by atoms with Crippen LogP contribution in [-0.4, -0.2) is 29.5 Å². The normalized spacial score (nSPS) is 10.9. The van der Waals surface area contributed by atoms with E-state index in [1.807, 2.05) is 0 Å². The summed E-state index contributed by atoms with van der Waals surface area (Å²) in [7, 11) is 2.81. The predicted molar refractivity (Wildman–Crippen MR) is 95.5 cm³/mol. The van der Waals surface area contributed by atoms with E-state index in [2.05, 4.69) is 0 Å². The Morgan fingerprint density at radius 2 is 1.62 bits per heavy atom. The molecular weight excluding hydrogens is 340 g/mol. The number of hydrogen-bond donors (Lipinski definition) is 3. The van der Waals surface area contributed by atoms with Crippen LogP contribution >= 0.6 is 0 Å². The van der Waals surface area contributed by atoms with Gasteiger partial charge in [-0.1, -0.05) is 0 Å². The maximum Gasteiger partial charge on any atom is 0.203 e. The van der Waals surface area contributed by atoms with E-state index in [1.54, 1.807) is 13.0 Å². The zero-order valence-electron chi connectivity index (χ0n) is 14.7. The number of aromatic hydroxyl groups is 3. The average Bonchev–Trinajstić information content (AvgIpc) is 2.63. The number of hydrogen-bond acceptors (Lipinski definition) is 7. The van der Waals surface area contributed by atoms with Crippen molar-refractivity contribution in [2.24, 2.45) is 0 Å². The van der Waals surface area contributed by atoms with Gasteiger partial charge in [0.25, 0.3) is 0 Å². The molecule has 0 amide bonds. The van der Waals surface area contributed by atoms with Gasteiger partial charge in [-0.3, -0.25) is 4.79 Å². The van der Waals surface area contributed by atoms with E-state index in [9.17, 15) is 20.1 Å². The van der Waals surface area contributed by atoms with Gasteiger partial charge in [-0.25, -0.2) is 0 Å². The lowest BCUT2D eigenvalue weighted by Gasteiger charge is -2.13. The molecule has 1 aromatic heterocycles. The highest BCUT2D eigenvalue weighted by molar-refractivity contribution is 5.90. The van der Waals surface area contributed by atoms with Crippen LogP contribution in [0.4, 0.5) is 0 Å². The summed E-state index contributed by atoms with van der Waals surface area (Å²) in [6.07, 6.45) is 0. The summed E-state index contributed by atoms with van der Waals surface area (Å²) >= 11 is 0. The van der Waals surface area contributed by atoms with E-state index < -0.39 is 5.43 Å². The zero-order chi connectivity index (χ0) is 19.2. The summed E-state index contributed by atoms with van der Waals surface area (Å²) in [5.74, 6) is -0.0949. The minimum atomic E-state index is -0.473. The number of phenolic OH excluding ortho intramolecular Hbond substituents is 3. The van der Waals surface area contributed by atoms with Crippen molar-refractivity contribution in [3.63, 3.8) is 0 Å². The van der Waals surface area contributed by atoms with Crippen molar-refractivity contribution in [3.05, 3.63) is 39.5 Å². The predicted octanol–water partition coefficient (Wildman–Crippen LogP) is 3.21. The molecule has 1 heterocycles. The lowest BCUT2D eigenvalue weighted by molar-refractivity contribution is 0.333. The molecule has 0 saturated carbocycles. The largest absolute Gasteiger partial charge is 0.507 e. The third-order valence-electron chi connectivity index (χ3n) is 4.33. The van der Waals surface area contributed by atoms with Crippen molar-refractivity contribution in [1.82, 2.24) is 0 Å². The van der Waals surface area contributed by atoms with Gasteiger partial charge in [-0.05, 0) is 26.0 Å². The second-order valence-electron chi connectivity index (χ2n) is 5.86. The van der Waals surface area contributed by atoms with Gasteiger partial charge in [0.05, 0.1) is 14.2 Å². The molecule has 0 radical (unpaired) electrons. The SMILES string of the molecule is COc1cc(-c2cc(=O)c3c(O)c(C)c(O)c(C)c3o2)cc(O)c1OC. The second kappa shape index (κ2) is 6.18. The van der Waals surface area contributed by atoms with Crippen molar-refractivity contribution in [3.8, 4) is 40.1 Å². The van der Waals surface area contributed by atoms with Crippen molar-refractivity contribution < 1.29 is 29.2 Å². The number of phenols is 3. The minimum Gasteiger partial charge on any atom is -0.507 e. The molecule has 0 aliphatic carbocycles. The fourth-order valence-electron chi connectivity index (χ4n) is 2.90. The van der Waals surface area contributed by atoms with Gasteiger partial charge in [0, 0.05) is 22.8 Å². The number of ether oxygens (including phenoxy) is 2. The van der Waals surface area contributed by atoms with E-state index in [0.29, 0.717) is 11.1 Å². The smallest absolute Gasteiger partial charge is 0.203 e. The molecule has 0 unspecified atom stereocenters. The molecule has 0 saturated heterocycles. The minimum absolute atomic E-state index is 0.00810. The Balaban J connectivity index is 2.35. The van der Waals surface area contributed by atoms with E-state index in [-0.39, 0.29) is 51.0 Å². The lowest BCUT2D eigenvalue weighted by Crippen LogP contribution is -2.03.